The summed E-state index contributed by atoms with van der Waals surface area (Å²) in [5.41, 5.74) is -0.683. The highest BCUT2D eigenvalue weighted by atomic mass is 16.6. The molecule has 116 valence electrons. The number of esters is 1. The van der Waals surface area contributed by atoms with E-state index in [0.717, 1.165) is 0 Å². The summed E-state index contributed by atoms with van der Waals surface area (Å²) < 4.78 is 10.00. The molecule has 0 saturated carbocycles. The molecule has 0 heterocycles. The molecule has 0 aliphatic carbocycles. The van der Waals surface area contributed by atoms with Crippen molar-refractivity contribution in [3.63, 3.8) is 0 Å². The molecule has 0 fully saturated rings. The van der Waals surface area contributed by atoms with Crippen LogP contribution < -0.4 is 5.32 Å². The van der Waals surface area contributed by atoms with E-state index in [-0.39, 0.29) is 12.5 Å². The van der Waals surface area contributed by atoms with Crippen molar-refractivity contribution in [3.05, 3.63) is 0 Å². The Hall–Kier alpha value is -1.59. The maximum absolute atomic E-state index is 11.9. The van der Waals surface area contributed by atoms with E-state index >= 15 is 0 Å². The standard InChI is InChI=1S/C14H25NO5/c1-7-19-12(17)11(10(8-16)9(2)3)15-13(18)20-14(4,5)6/h8-11H,7H2,1-6H3,(H,15,18)/t10-,11+/m1/s1. The van der Waals surface area contributed by atoms with Crippen molar-refractivity contribution in [1.82, 2.24) is 5.32 Å². The van der Waals surface area contributed by atoms with Gasteiger partial charge in [-0.15, -0.1) is 0 Å². The van der Waals surface area contributed by atoms with E-state index in [1.54, 1.807) is 41.5 Å². The number of amides is 1. The average Bonchev–Trinajstić information content (AvgIpc) is 2.25. The lowest BCUT2D eigenvalue weighted by atomic mass is 9.90. The van der Waals surface area contributed by atoms with Crippen LogP contribution in [0.4, 0.5) is 4.79 Å². The average molecular weight is 287 g/mol. The summed E-state index contributed by atoms with van der Waals surface area (Å²) in [6.07, 6.45) is -0.0908. The summed E-state index contributed by atoms with van der Waals surface area (Å²) in [6, 6.07) is -1.04. The number of hydrogen-bond acceptors (Lipinski definition) is 5. The number of carbonyl (C=O) groups excluding carboxylic acids is 3. The first-order valence-electron chi connectivity index (χ1n) is 6.73. The molecule has 0 aromatic carbocycles. The largest absolute Gasteiger partial charge is 0.464 e. The van der Waals surface area contributed by atoms with Gasteiger partial charge in [-0.2, -0.15) is 0 Å². The van der Waals surface area contributed by atoms with E-state index < -0.39 is 29.6 Å². The van der Waals surface area contributed by atoms with Gasteiger partial charge in [-0.3, -0.25) is 0 Å². The quantitative estimate of drug-likeness (QED) is 0.596. The van der Waals surface area contributed by atoms with Crippen LogP contribution in [-0.4, -0.2) is 36.6 Å². The summed E-state index contributed by atoms with van der Waals surface area (Å²) in [6.45, 7) is 10.6. The zero-order valence-corrected chi connectivity index (χ0v) is 13.1. The number of aldehydes is 1. The van der Waals surface area contributed by atoms with E-state index in [4.69, 9.17) is 9.47 Å². The lowest BCUT2D eigenvalue weighted by Gasteiger charge is -2.27. The molecule has 0 aromatic heterocycles. The highest BCUT2D eigenvalue weighted by molar-refractivity contribution is 5.84. The fraction of sp³-hybridized carbons (Fsp3) is 0.786. The smallest absolute Gasteiger partial charge is 0.408 e. The van der Waals surface area contributed by atoms with Crippen LogP contribution in [0.5, 0.6) is 0 Å². The number of nitrogens with one attached hydrogen (secondary N) is 1. The second kappa shape index (κ2) is 7.87. The summed E-state index contributed by atoms with van der Waals surface area (Å²) in [7, 11) is 0. The van der Waals surface area contributed by atoms with Crippen LogP contribution in [0.25, 0.3) is 0 Å². The maximum atomic E-state index is 11.9. The van der Waals surface area contributed by atoms with Gasteiger partial charge in [0.25, 0.3) is 0 Å². The SMILES string of the molecule is CCOC(=O)[C@@H](NC(=O)OC(C)(C)C)[C@H](C=O)C(C)C. The molecule has 0 unspecified atom stereocenters. The number of hydrogen-bond donors (Lipinski definition) is 1. The lowest BCUT2D eigenvalue weighted by molar-refractivity contribution is -0.148. The number of rotatable bonds is 6. The Labute approximate surface area is 120 Å². The zero-order valence-electron chi connectivity index (χ0n) is 13.1. The van der Waals surface area contributed by atoms with Crippen LogP contribution in [0, 0.1) is 11.8 Å². The molecule has 0 aliphatic heterocycles. The molecular formula is C14H25NO5. The monoisotopic (exact) mass is 287 g/mol. The molecule has 20 heavy (non-hydrogen) atoms. The van der Waals surface area contributed by atoms with Gasteiger partial charge in [-0.1, -0.05) is 13.8 Å². The van der Waals surface area contributed by atoms with Crippen LogP contribution in [0.15, 0.2) is 0 Å². The molecule has 1 amide bonds. The summed E-state index contributed by atoms with van der Waals surface area (Å²) in [5.74, 6) is -1.41. The Bertz CT molecular complexity index is 346. The van der Waals surface area contributed by atoms with Gasteiger partial charge in [0, 0.05) is 5.92 Å². The summed E-state index contributed by atoms with van der Waals surface area (Å²) in [5, 5.41) is 2.42. The minimum Gasteiger partial charge on any atom is -0.464 e. The second-order valence-corrected chi connectivity index (χ2v) is 5.83. The maximum Gasteiger partial charge on any atom is 0.408 e. The van der Waals surface area contributed by atoms with Crippen LogP contribution in [0.3, 0.4) is 0 Å². The minimum atomic E-state index is -1.04. The van der Waals surface area contributed by atoms with E-state index in [1.807, 2.05) is 0 Å². The Morgan fingerprint density at radius 2 is 1.80 bits per heavy atom. The van der Waals surface area contributed by atoms with Crippen molar-refractivity contribution < 1.29 is 23.9 Å². The summed E-state index contributed by atoms with van der Waals surface area (Å²) in [4.78, 5) is 34.8. The highest BCUT2D eigenvalue weighted by Gasteiger charge is 2.34. The first-order chi connectivity index (χ1) is 9.12. The first-order valence-corrected chi connectivity index (χ1v) is 6.73. The third-order valence-corrected chi connectivity index (χ3v) is 2.52. The van der Waals surface area contributed by atoms with Crippen LogP contribution >= 0.6 is 0 Å². The fourth-order valence-electron chi connectivity index (χ4n) is 1.60. The Morgan fingerprint density at radius 3 is 2.15 bits per heavy atom. The summed E-state index contributed by atoms with van der Waals surface area (Å²) >= 11 is 0. The Balaban J connectivity index is 4.99. The van der Waals surface area contributed by atoms with Crippen molar-refractivity contribution in [2.24, 2.45) is 11.8 Å². The molecule has 0 aliphatic rings. The highest BCUT2D eigenvalue weighted by Crippen LogP contribution is 2.16. The van der Waals surface area contributed by atoms with Gasteiger partial charge in [-0.25, -0.2) is 9.59 Å². The Morgan fingerprint density at radius 1 is 1.25 bits per heavy atom. The predicted octanol–water partition coefficient (Wildman–Crippen LogP) is 1.91. The van der Waals surface area contributed by atoms with Crippen molar-refractivity contribution in [2.75, 3.05) is 6.61 Å². The zero-order chi connectivity index (χ0) is 15.9. The van der Waals surface area contributed by atoms with Gasteiger partial charge >= 0.3 is 12.1 Å². The predicted molar refractivity (Wildman–Crippen MR) is 74.2 cm³/mol. The first kappa shape index (κ1) is 18.4. The van der Waals surface area contributed by atoms with E-state index in [1.165, 1.54) is 0 Å². The molecule has 1 N–H and O–H groups in total. The van der Waals surface area contributed by atoms with E-state index in [0.29, 0.717) is 6.29 Å². The van der Waals surface area contributed by atoms with Gasteiger partial charge in [0.1, 0.15) is 17.9 Å². The number of ether oxygens (including phenoxy) is 2. The molecule has 0 aromatic rings. The van der Waals surface area contributed by atoms with Crippen molar-refractivity contribution in [3.8, 4) is 0 Å². The van der Waals surface area contributed by atoms with E-state index in [2.05, 4.69) is 5.32 Å². The fourth-order valence-corrected chi connectivity index (χ4v) is 1.60. The number of carbonyl (C=O) groups is 3. The third-order valence-electron chi connectivity index (χ3n) is 2.52. The minimum absolute atomic E-state index is 0.114. The van der Waals surface area contributed by atoms with Gasteiger partial charge < -0.3 is 19.6 Å². The molecule has 2 atom stereocenters. The van der Waals surface area contributed by atoms with Gasteiger partial charge in [-0.05, 0) is 33.6 Å². The van der Waals surface area contributed by atoms with Crippen molar-refractivity contribution in [2.45, 2.75) is 53.2 Å². The van der Waals surface area contributed by atoms with Crippen LogP contribution in [0.2, 0.25) is 0 Å². The third kappa shape index (κ3) is 6.54. The van der Waals surface area contributed by atoms with Gasteiger partial charge in [0.15, 0.2) is 0 Å². The molecule has 0 rings (SSSR count). The molecule has 6 heteroatoms. The van der Waals surface area contributed by atoms with Gasteiger partial charge in [0.2, 0.25) is 0 Å². The molecule has 6 nitrogen and oxygen atoms in total. The molecule has 0 bridgehead atoms. The number of alkyl carbamates (subject to hydrolysis) is 1. The van der Waals surface area contributed by atoms with Crippen LogP contribution in [-0.2, 0) is 19.1 Å². The molecule has 0 radical (unpaired) electrons. The van der Waals surface area contributed by atoms with Crippen molar-refractivity contribution in [1.29, 1.82) is 0 Å². The van der Waals surface area contributed by atoms with Crippen LogP contribution in [0.1, 0.15) is 41.5 Å². The second-order valence-electron chi connectivity index (χ2n) is 5.83. The van der Waals surface area contributed by atoms with E-state index in [9.17, 15) is 14.4 Å². The molecule has 0 spiro atoms. The molecular weight excluding hydrogens is 262 g/mol. The molecule has 0 saturated heterocycles. The lowest BCUT2D eigenvalue weighted by Crippen LogP contribution is -2.50. The normalized spacial score (nSPS) is 14.3. The van der Waals surface area contributed by atoms with Crippen molar-refractivity contribution >= 4 is 18.3 Å². The Kier molecular flexibility index (Phi) is 7.24. The van der Waals surface area contributed by atoms with Gasteiger partial charge in [0.05, 0.1) is 6.61 Å². The topological polar surface area (TPSA) is 81.7 Å².